The SMILES string of the molecule is CCCNCc1coc(NCC(CC)CC)n1. The Labute approximate surface area is 104 Å². The normalized spacial score (nSPS) is 11.1. The highest BCUT2D eigenvalue weighted by atomic mass is 16.4. The Bertz CT molecular complexity index is 295. The monoisotopic (exact) mass is 239 g/mol. The summed E-state index contributed by atoms with van der Waals surface area (Å²) in [7, 11) is 0. The fourth-order valence-corrected chi connectivity index (χ4v) is 1.67. The highest BCUT2D eigenvalue weighted by Gasteiger charge is 2.06. The van der Waals surface area contributed by atoms with Crippen LogP contribution in [0.2, 0.25) is 0 Å². The molecule has 0 fully saturated rings. The highest BCUT2D eigenvalue weighted by molar-refractivity contribution is 5.21. The zero-order chi connectivity index (χ0) is 12.5. The van der Waals surface area contributed by atoms with E-state index in [0.717, 1.165) is 31.7 Å². The molecule has 98 valence electrons. The number of aromatic nitrogens is 1. The number of nitrogens with one attached hydrogen (secondary N) is 2. The third kappa shape index (κ3) is 5.22. The molecule has 0 atom stereocenters. The number of hydrogen-bond donors (Lipinski definition) is 2. The molecule has 0 aromatic carbocycles. The number of nitrogens with zero attached hydrogens (tertiary/aromatic N) is 1. The van der Waals surface area contributed by atoms with E-state index in [1.54, 1.807) is 6.26 Å². The van der Waals surface area contributed by atoms with E-state index in [2.05, 4.69) is 36.4 Å². The Morgan fingerprint density at radius 2 is 2.06 bits per heavy atom. The predicted molar refractivity (Wildman–Crippen MR) is 71.1 cm³/mol. The van der Waals surface area contributed by atoms with Gasteiger partial charge < -0.3 is 15.1 Å². The second kappa shape index (κ2) is 8.12. The van der Waals surface area contributed by atoms with Crippen molar-refractivity contribution < 1.29 is 4.42 Å². The third-order valence-corrected chi connectivity index (χ3v) is 2.98. The molecule has 0 amide bonds. The summed E-state index contributed by atoms with van der Waals surface area (Å²) in [6.07, 6.45) is 5.24. The maximum Gasteiger partial charge on any atom is 0.294 e. The van der Waals surface area contributed by atoms with Crippen LogP contribution in [0.5, 0.6) is 0 Å². The third-order valence-electron chi connectivity index (χ3n) is 2.98. The molecule has 0 aliphatic carbocycles. The van der Waals surface area contributed by atoms with E-state index >= 15 is 0 Å². The molecular formula is C13H25N3O. The molecule has 0 saturated heterocycles. The van der Waals surface area contributed by atoms with E-state index in [0.29, 0.717) is 11.9 Å². The maximum absolute atomic E-state index is 5.37. The van der Waals surface area contributed by atoms with E-state index in [9.17, 15) is 0 Å². The molecule has 1 rings (SSSR count). The predicted octanol–water partition coefficient (Wildman–Crippen LogP) is 3.02. The quantitative estimate of drug-likeness (QED) is 0.650. The van der Waals surface area contributed by atoms with Gasteiger partial charge in [-0.3, -0.25) is 0 Å². The lowest BCUT2D eigenvalue weighted by molar-refractivity contribution is 0.501. The zero-order valence-corrected chi connectivity index (χ0v) is 11.3. The van der Waals surface area contributed by atoms with Gasteiger partial charge in [-0.05, 0) is 18.9 Å². The van der Waals surface area contributed by atoms with Gasteiger partial charge in [-0.15, -0.1) is 0 Å². The summed E-state index contributed by atoms with van der Waals surface area (Å²) in [6.45, 7) is 9.32. The molecule has 0 saturated carbocycles. The molecule has 1 aromatic heterocycles. The molecule has 1 heterocycles. The van der Waals surface area contributed by atoms with Crippen molar-refractivity contribution in [1.82, 2.24) is 10.3 Å². The first kappa shape index (κ1) is 14.0. The smallest absolute Gasteiger partial charge is 0.294 e. The topological polar surface area (TPSA) is 50.1 Å². The van der Waals surface area contributed by atoms with E-state index in [1.807, 2.05) is 0 Å². The lowest BCUT2D eigenvalue weighted by Gasteiger charge is -2.11. The van der Waals surface area contributed by atoms with Gasteiger partial charge in [0.05, 0.1) is 5.69 Å². The van der Waals surface area contributed by atoms with Crippen LogP contribution in [0.25, 0.3) is 0 Å². The Kier molecular flexibility index (Phi) is 6.70. The Morgan fingerprint density at radius 3 is 2.71 bits per heavy atom. The van der Waals surface area contributed by atoms with Crippen molar-refractivity contribution in [3.63, 3.8) is 0 Å². The van der Waals surface area contributed by atoms with Gasteiger partial charge in [-0.1, -0.05) is 33.6 Å². The first-order valence-corrected chi connectivity index (χ1v) is 6.69. The Balaban J connectivity index is 2.30. The molecule has 0 unspecified atom stereocenters. The van der Waals surface area contributed by atoms with Gasteiger partial charge in [0.1, 0.15) is 6.26 Å². The summed E-state index contributed by atoms with van der Waals surface area (Å²) >= 11 is 0. The Hall–Kier alpha value is -1.03. The first-order valence-electron chi connectivity index (χ1n) is 6.69. The molecule has 4 nitrogen and oxygen atoms in total. The summed E-state index contributed by atoms with van der Waals surface area (Å²) < 4.78 is 5.37. The largest absolute Gasteiger partial charge is 0.432 e. The van der Waals surface area contributed by atoms with Crippen molar-refractivity contribution in [2.45, 2.75) is 46.6 Å². The minimum Gasteiger partial charge on any atom is -0.432 e. The summed E-state index contributed by atoms with van der Waals surface area (Å²) in [6, 6.07) is 0.644. The number of oxazole rings is 1. The maximum atomic E-state index is 5.37. The van der Waals surface area contributed by atoms with Crippen molar-refractivity contribution in [2.24, 2.45) is 5.92 Å². The van der Waals surface area contributed by atoms with Crippen molar-refractivity contribution in [1.29, 1.82) is 0 Å². The summed E-state index contributed by atoms with van der Waals surface area (Å²) in [5.41, 5.74) is 0.963. The van der Waals surface area contributed by atoms with Crippen LogP contribution in [0.4, 0.5) is 6.01 Å². The summed E-state index contributed by atoms with van der Waals surface area (Å²) in [5.74, 6) is 0.698. The van der Waals surface area contributed by atoms with Gasteiger partial charge in [-0.25, -0.2) is 0 Å². The van der Waals surface area contributed by atoms with Gasteiger partial charge in [0.2, 0.25) is 0 Å². The van der Waals surface area contributed by atoms with Crippen molar-refractivity contribution in [3.8, 4) is 0 Å². The molecule has 0 radical (unpaired) electrons. The van der Waals surface area contributed by atoms with E-state index < -0.39 is 0 Å². The average molecular weight is 239 g/mol. The average Bonchev–Trinajstić information content (AvgIpc) is 2.79. The molecule has 1 aromatic rings. The van der Waals surface area contributed by atoms with Gasteiger partial charge >= 0.3 is 0 Å². The van der Waals surface area contributed by atoms with Crippen molar-refractivity contribution in [2.75, 3.05) is 18.4 Å². The summed E-state index contributed by atoms with van der Waals surface area (Å²) in [5, 5.41) is 6.55. The van der Waals surface area contributed by atoms with E-state index in [-0.39, 0.29) is 0 Å². The van der Waals surface area contributed by atoms with Crippen molar-refractivity contribution >= 4 is 6.01 Å². The van der Waals surface area contributed by atoms with Crippen LogP contribution in [0.15, 0.2) is 10.7 Å². The molecule has 0 spiro atoms. The summed E-state index contributed by atoms with van der Waals surface area (Å²) in [4.78, 5) is 4.38. The number of rotatable bonds is 9. The standard InChI is InChI=1S/C13H25N3O/c1-4-7-14-9-12-10-17-13(16-12)15-8-11(5-2)6-3/h10-11,14H,4-9H2,1-3H3,(H,15,16). The highest BCUT2D eigenvalue weighted by Crippen LogP contribution is 2.11. The molecule has 0 aliphatic rings. The first-order chi connectivity index (χ1) is 8.30. The molecule has 17 heavy (non-hydrogen) atoms. The van der Waals surface area contributed by atoms with Crippen LogP contribution >= 0.6 is 0 Å². The van der Waals surface area contributed by atoms with Gasteiger partial charge in [0.15, 0.2) is 0 Å². The second-order valence-electron chi connectivity index (χ2n) is 4.38. The lowest BCUT2D eigenvalue weighted by atomic mass is 10.0. The fraction of sp³-hybridized carbons (Fsp3) is 0.769. The van der Waals surface area contributed by atoms with Crippen LogP contribution in [-0.4, -0.2) is 18.1 Å². The van der Waals surface area contributed by atoms with Crippen LogP contribution in [-0.2, 0) is 6.54 Å². The second-order valence-corrected chi connectivity index (χ2v) is 4.38. The van der Waals surface area contributed by atoms with Crippen molar-refractivity contribution in [3.05, 3.63) is 12.0 Å². The fourth-order valence-electron chi connectivity index (χ4n) is 1.67. The number of hydrogen-bond acceptors (Lipinski definition) is 4. The Morgan fingerprint density at radius 1 is 1.29 bits per heavy atom. The van der Waals surface area contributed by atoms with Gasteiger partial charge in [0.25, 0.3) is 6.01 Å². The molecular weight excluding hydrogens is 214 g/mol. The molecule has 4 heteroatoms. The zero-order valence-electron chi connectivity index (χ0n) is 11.3. The number of anilines is 1. The molecule has 0 bridgehead atoms. The van der Waals surface area contributed by atoms with Crippen LogP contribution < -0.4 is 10.6 Å². The van der Waals surface area contributed by atoms with Crippen LogP contribution in [0.1, 0.15) is 45.7 Å². The van der Waals surface area contributed by atoms with Crippen LogP contribution in [0.3, 0.4) is 0 Å². The van der Waals surface area contributed by atoms with E-state index in [1.165, 1.54) is 12.8 Å². The van der Waals surface area contributed by atoms with E-state index in [4.69, 9.17) is 4.42 Å². The lowest BCUT2D eigenvalue weighted by Crippen LogP contribution is -2.15. The minimum atomic E-state index is 0.644. The molecule has 2 N–H and O–H groups in total. The van der Waals surface area contributed by atoms with Crippen LogP contribution in [0, 0.1) is 5.92 Å². The van der Waals surface area contributed by atoms with Gasteiger partial charge in [-0.2, -0.15) is 4.98 Å². The van der Waals surface area contributed by atoms with Gasteiger partial charge in [0, 0.05) is 13.1 Å². The minimum absolute atomic E-state index is 0.644. The molecule has 0 aliphatic heterocycles.